The number of piperazine rings is 1. The Labute approximate surface area is 191 Å². The number of hydrogen-bond acceptors (Lipinski definition) is 5. The Morgan fingerprint density at radius 3 is 2.44 bits per heavy atom. The molecule has 8 nitrogen and oxygen atoms in total. The standard InChI is InChI=1S/C23H34N4O4S/c1-18-8-9-21(16-19(18)2)32(30,31)27-14-12-26(13-15-27)17-22(28)25-23(29)24-11-10-20-6-4-3-5-7-20/h6,8-9,16H,3-5,7,10-15,17H2,1-2H3,(H2,24,25,28,29). The average Bonchev–Trinajstić information content (AvgIpc) is 2.76. The van der Waals surface area contributed by atoms with E-state index in [0.717, 1.165) is 30.4 Å². The zero-order valence-corrected chi connectivity index (χ0v) is 19.8. The minimum absolute atomic E-state index is 0.0656. The lowest BCUT2D eigenvalue weighted by molar-refractivity contribution is -0.121. The summed E-state index contributed by atoms with van der Waals surface area (Å²) in [4.78, 5) is 26.3. The maximum Gasteiger partial charge on any atom is 0.321 e. The van der Waals surface area contributed by atoms with Crippen LogP contribution < -0.4 is 10.6 Å². The molecule has 0 saturated carbocycles. The van der Waals surface area contributed by atoms with E-state index in [-0.39, 0.29) is 12.5 Å². The molecule has 3 rings (SSSR count). The quantitative estimate of drug-likeness (QED) is 0.606. The summed E-state index contributed by atoms with van der Waals surface area (Å²) in [5.41, 5.74) is 3.36. The van der Waals surface area contributed by atoms with Gasteiger partial charge in [0.05, 0.1) is 11.4 Å². The summed E-state index contributed by atoms with van der Waals surface area (Å²) in [5.74, 6) is -0.384. The van der Waals surface area contributed by atoms with Crippen molar-refractivity contribution in [3.05, 3.63) is 41.0 Å². The predicted octanol–water partition coefficient (Wildman–Crippen LogP) is 2.33. The third kappa shape index (κ3) is 6.63. The van der Waals surface area contributed by atoms with Crippen LogP contribution in [0.15, 0.2) is 34.7 Å². The number of nitrogens with one attached hydrogen (secondary N) is 2. The second-order valence-electron chi connectivity index (χ2n) is 8.59. The van der Waals surface area contributed by atoms with Gasteiger partial charge in [0, 0.05) is 32.7 Å². The molecule has 176 valence electrons. The molecule has 0 aromatic heterocycles. The van der Waals surface area contributed by atoms with Gasteiger partial charge >= 0.3 is 6.03 Å². The number of benzene rings is 1. The molecule has 1 aliphatic heterocycles. The van der Waals surface area contributed by atoms with E-state index < -0.39 is 16.1 Å². The Balaban J connectivity index is 1.40. The Morgan fingerprint density at radius 2 is 1.78 bits per heavy atom. The van der Waals surface area contributed by atoms with Gasteiger partial charge in [0.1, 0.15) is 0 Å². The van der Waals surface area contributed by atoms with Crippen LogP contribution in [0.2, 0.25) is 0 Å². The first-order chi connectivity index (χ1) is 15.3. The number of amides is 3. The molecule has 0 radical (unpaired) electrons. The van der Waals surface area contributed by atoms with Crippen molar-refractivity contribution in [1.82, 2.24) is 19.8 Å². The highest BCUT2D eigenvalue weighted by atomic mass is 32.2. The first-order valence-electron chi connectivity index (χ1n) is 11.3. The number of sulfonamides is 1. The van der Waals surface area contributed by atoms with Crippen LogP contribution in [0.5, 0.6) is 0 Å². The van der Waals surface area contributed by atoms with E-state index in [1.807, 2.05) is 24.8 Å². The number of rotatable bonds is 7. The number of urea groups is 1. The molecule has 32 heavy (non-hydrogen) atoms. The van der Waals surface area contributed by atoms with E-state index in [2.05, 4.69) is 16.7 Å². The second kappa shape index (κ2) is 11.1. The SMILES string of the molecule is Cc1ccc(S(=O)(=O)N2CCN(CC(=O)NC(=O)NCCC3=CCCCC3)CC2)cc1C. The molecule has 1 saturated heterocycles. The van der Waals surface area contributed by atoms with Crippen LogP contribution in [-0.2, 0) is 14.8 Å². The van der Waals surface area contributed by atoms with E-state index in [0.29, 0.717) is 37.6 Å². The van der Waals surface area contributed by atoms with Crippen molar-refractivity contribution < 1.29 is 18.0 Å². The van der Waals surface area contributed by atoms with Crippen LogP contribution in [0.4, 0.5) is 4.79 Å². The Bertz CT molecular complexity index is 966. The van der Waals surface area contributed by atoms with E-state index in [4.69, 9.17) is 0 Å². The lowest BCUT2D eigenvalue weighted by Crippen LogP contribution is -2.52. The van der Waals surface area contributed by atoms with Crippen molar-refractivity contribution in [3.63, 3.8) is 0 Å². The highest BCUT2D eigenvalue weighted by molar-refractivity contribution is 7.89. The van der Waals surface area contributed by atoms with E-state index >= 15 is 0 Å². The number of carbonyl (C=O) groups excluding carboxylic acids is 2. The van der Waals surface area contributed by atoms with Gasteiger partial charge in [0.15, 0.2) is 0 Å². The maximum absolute atomic E-state index is 12.9. The molecule has 2 aliphatic rings. The minimum atomic E-state index is -3.55. The Kier molecular flexibility index (Phi) is 8.44. The van der Waals surface area contributed by atoms with Gasteiger partial charge in [-0.05, 0) is 69.2 Å². The molecule has 0 spiro atoms. The number of carbonyl (C=O) groups is 2. The molecule has 1 aliphatic carbocycles. The first kappa shape index (κ1) is 24.4. The Morgan fingerprint density at radius 1 is 1.03 bits per heavy atom. The number of imide groups is 1. The van der Waals surface area contributed by atoms with Crippen LogP contribution in [0.3, 0.4) is 0 Å². The smallest absolute Gasteiger partial charge is 0.321 e. The van der Waals surface area contributed by atoms with Crippen LogP contribution in [0, 0.1) is 13.8 Å². The molecule has 1 aromatic rings. The molecule has 0 unspecified atom stereocenters. The molecule has 0 bridgehead atoms. The monoisotopic (exact) mass is 462 g/mol. The fourth-order valence-corrected chi connectivity index (χ4v) is 5.54. The van der Waals surface area contributed by atoms with E-state index in [1.165, 1.54) is 22.7 Å². The summed E-state index contributed by atoms with van der Waals surface area (Å²) in [6, 6.07) is 4.68. The van der Waals surface area contributed by atoms with Gasteiger partial charge in [-0.25, -0.2) is 13.2 Å². The Hall–Kier alpha value is -2.23. The average molecular weight is 463 g/mol. The fraction of sp³-hybridized carbons (Fsp3) is 0.565. The van der Waals surface area contributed by atoms with Gasteiger partial charge in [0.2, 0.25) is 15.9 Å². The third-order valence-corrected chi connectivity index (χ3v) is 8.08. The summed E-state index contributed by atoms with van der Waals surface area (Å²) < 4.78 is 27.3. The summed E-state index contributed by atoms with van der Waals surface area (Å²) in [6.45, 7) is 5.92. The van der Waals surface area contributed by atoms with E-state index in [1.54, 1.807) is 12.1 Å². The van der Waals surface area contributed by atoms with Gasteiger partial charge < -0.3 is 5.32 Å². The third-order valence-electron chi connectivity index (χ3n) is 6.18. The number of aryl methyl sites for hydroxylation is 2. The molecular formula is C23H34N4O4S. The normalized spacial score (nSPS) is 18.1. The highest BCUT2D eigenvalue weighted by Gasteiger charge is 2.29. The minimum Gasteiger partial charge on any atom is -0.337 e. The summed E-state index contributed by atoms with van der Waals surface area (Å²) in [7, 11) is -3.55. The lowest BCUT2D eigenvalue weighted by Gasteiger charge is -2.33. The molecule has 0 atom stereocenters. The van der Waals surface area contributed by atoms with Crippen molar-refractivity contribution in [3.8, 4) is 0 Å². The van der Waals surface area contributed by atoms with Crippen LogP contribution in [-0.4, -0.2) is 68.8 Å². The van der Waals surface area contributed by atoms with Crippen molar-refractivity contribution in [2.24, 2.45) is 0 Å². The van der Waals surface area contributed by atoms with Gasteiger partial charge in [-0.15, -0.1) is 0 Å². The molecule has 2 N–H and O–H groups in total. The summed E-state index contributed by atoms with van der Waals surface area (Å²) in [5, 5.41) is 5.10. The van der Waals surface area contributed by atoms with Crippen LogP contribution >= 0.6 is 0 Å². The summed E-state index contributed by atoms with van der Waals surface area (Å²) in [6.07, 6.45) is 7.70. The van der Waals surface area contributed by atoms with Crippen molar-refractivity contribution >= 4 is 22.0 Å². The molecule has 1 aromatic carbocycles. The number of hydrogen-bond donors (Lipinski definition) is 2. The van der Waals surface area contributed by atoms with Crippen molar-refractivity contribution in [2.75, 3.05) is 39.3 Å². The topological polar surface area (TPSA) is 98.8 Å². The molecule has 1 fully saturated rings. The van der Waals surface area contributed by atoms with Gasteiger partial charge in [-0.2, -0.15) is 4.31 Å². The van der Waals surface area contributed by atoms with Gasteiger partial charge in [0.25, 0.3) is 0 Å². The number of allylic oxidation sites excluding steroid dienone is 1. The second-order valence-corrected chi connectivity index (χ2v) is 10.5. The molecule has 3 amide bonds. The fourth-order valence-electron chi connectivity index (χ4n) is 4.03. The van der Waals surface area contributed by atoms with Crippen molar-refractivity contribution in [1.29, 1.82) is 0 Å². The number of nitrogens with zero attached hydrogens (tertiary/aromatic N) is 2. The van der Waals surface area contributed by atoms with Crippen molar-refractivity contribution in [2.45, 2.75) is 50.8 Å². The van der Waals surface area contributed by atoms with Gasteiger partial charge in [-0.1, -0.05) is 17.7 Å². The van der Waals surface area contributed by atoms with Gasteiger partial charge in [-0.3, -0.25) is 15.0 Å². The maximum atomic E-state index is 12.9. The van der Waals surface area contributed by atoms with E-state index in [9.17, 15) is 18.0 Å². The van der Waals surface area contributed by atoms with Crippen LogP contribution in [0.1, 0.15) is 43.2 Å². The first-order valence-corrected chi connectivity index (χ1v) is 12.7. The van der Waals surface area contributed by atoms with Crippen LogP contribution in [0.25, 0.3) is 0 Å². The largest absolute Gasteiger partial charge is 0.337 e. The molecule has 9 heteroatoms. The zero-order valence-electron chi connectivity index (χ0n) is 19.0. The highest BCUT2D eigenvalue weighted by Crippen LogP contribution is 2.21. The lowest BCUT2D eigenvalue weighted by atomic mass is 9.97. The molecular weight excluding hydrogens is 428 g/mol. The predicted molar refractivity (Wildman–Crippen MR) is 124 cm³/mol. The molecule has 1 heterocycles. The summed E-state index contributed by atoms with van der Waals surface area (Å²) >= 11 is 0. The zero-order chi connectivity index (χ0) is 23.1.